The fraction of sp³-hybridized carbons (Fsp3) is 0. The number of aromatic nitrogens is 1. The Bertz CT molecular complexity index is 946. The number of hydrogen-bond donors (Lipinski definition) is 1. The molecule has 0 unspecified atom stereocenters. The van der Waals surface area contributed by atoms with Crippen molar-refractivity contribution in [2.24, 2.45) is 0 Å². The third-order valence-corrected chi connectivity index (χ3v) is 4.64. The number of carbonyl (C=O) groups excluding carboxylic acids is 2. The van der Waals surface area contributed by atoms with Gasteiger partial charge in [-0.05, 0) is 36.0 Å². The number of carbonyl (C=O) groups is 2. The van der Waals surface area contributed by atoms with E-state index in [-0.39, 0.29) is 15.6 Å². The van der Waals surface area contributed by atoms with Crippen LogP contribution in [0.3, 0.4) is 0 Å². The van der Waals surface area contributed by atoms with Crippen molar-refractivity contribution in [2.75, 3.05) is 0 Å². The van der Waals surface area contributed by atoms with Crippen LogP contribution >= 0.6 is 24.0 Å². The third-order valence-electron chi connectivity index (χ3n) is 3.33. The summed E-state index contributed by atoms with van der Waals surface area (Å²) in [5.74, 6) is -1.31. The number of rotatable bonds is 4. The fourth-order valence-electron chi connectivity index (χ4n) is 2.16. The van der Waals surface area contributed by atoms with E-state index in [9.17, 15) is 19.7 Å². The molecule has 1 aliphatic rings. The highest BCUT2D eigenvalue weighted by molar-refractivity contribution is 8.26. The third kappa shape index (κ3) is 3.60. The molecule has 26 heavy (non-hydrogen) atoms. The molecule has 0 saturated carbocycles. The average Bonchev–Trinajstić information content (AvgIpc) is 2.90. The van der Waals surface area contributed by atoms with Gasteiger partial charge in [-0.25, -0.2) is 0 Å². The highest BCUT2D eigenvalue weighted by Gasteiger charge is 2.34. The Balaban J connectivity index is 1.82. The van der Waals surface area contributed by atoms with Gasteiger partial charge in [-0.15, -0.1) is 0 Å². The number of thioether (sulfide) groups is 1. The van der Waals surface area contributed by atoms with Crippen molar-refractivity contribution < 1.29 is 14.5 Å². The molecule has 2 heterocycles. The number of thiocarbonyl (C=S) groups is 1. The lowest BCUT2D eigenvalue weighted by atomic mass is 10.2. The van der Waals surface area contributed by atoms with Crippen LogP contribution in [0.5, 0.6) is 0 Å². The number of nitro groups is 1. The predicted molar refractivity (Wildman–Crippen MR) is 99.8 cm³/mol. The molecule has 130 valence electrons. The maximum Gasteiger partial charge on any atom is 0.285 e. The van der Waals surface area contributed by atoms with Gasteiger partial charge in [-0.1, -0.05) is 30.0 Å². The molecule has 2 amide bonds. The lowest BCUT2D eigenvalue weighted by molar-refractivity contribution is -0.385. The van der Waals surface area contributed by atoms with Crippen molar-refractivity contribution in [2.45, 2.75) is 0 Å². The monoisotopic (exact) mass is 386 g/mol. The second-order valence-corrected chi connectivity index (χ2v) is 6.69. The Morgan fingerprint density at radius 1 is 1.31 bits per heavy atom. The number of benzene rings is 1. The minimum absolute atomic E-state index is 0.122. The van der Waals surface area contributed by atoms with Crippen LogP contribution in [0, 0.1) is 10.1 Å². The molecule has 0 bridgehead atoms. The van der Waals surface area contributed by atoms with Crippen LogP contribution in [-0.2, 0) is 4.79 Å². The fourth-order valence-corrected chi connectivity index (χ4v) is 3.34. The zero-order chi connectivity index (χ0) is 18.7. The number of pyridine rings is 1. The number of hydrogen-bond acceptors (Lipinski definition) is 7. The van der Waals surface area contributed by atoms with Crippen molar-refractivity contribution in [3.63, 3.8) is 0 Å². The van der Waals surface area contributed by atoms with Gasteiger partial charge in [0.25, 0.3) is 17.5 Å². The molecule has 0 atom stereocenters. The Kier molecular flexibility index (Phi) is 5.05. The summed E-state index contributed by atoms with van der Waals surface area (Å²) in [6.07, 6.45) is 4.79. The molecular formula is C16H10N4O4S2. The molecular weight excluding hydrogens is 376 g/mol. The van der Waals surface area contributed by atoms with Crippen LogP contribution in [0.1, 0.15) is 15.9 Å². The minimum atomic E-state index is -0.795. The Morgan fingerprint density at radius 2 is 2.08 bits per heavy atom. The summed E-state index contributed by atoms with van der Waals surface area (Å²) in [5, 5.41) is 12.0. The first kappa shape index (κ1) is 17.7. The molecule has 1 saturated heterocycles. The highest BCUT2D eigenvalue weighted by atomic mass is 32.2. The largest absolute Gasteiger partial charge is 0.285 e. The van der Waals surface area contributed by atoms with Gasteiger partial charge < -0.3 is 0 Å². The van der Waals surface area contributed by atoms with E-state index in [0.717, 1.165) is 16.8 Å². The van der Waals surface area contributed by atoms with Gasteiger partial charge in [-0.3, -0.25) is 30.1 Å². The summed E-state index contributed by atoms with van der Waals surface area (Å²) in [4.78, 5) is 39.5. The average molecular weight is 386 g/mol. The number of para-hydroxylation sites is 1. The topological polar surface area (TPSA) is 105 Å². The molecule has 0 radical (unpaired) electrons. The number of amides is 2. The van der Waals surface area contributed by atoms with E-state index >= 15 is 0 Å². The molecule has 1 aromatic heterocycles. The molecule has 3 rings (SSSR count). The molecule has 1 fully saturated rings. The molecule has 1 aliphatic heterocycles. The quantitative estimate of drug-likeness (QED) is 0.372. The van der Waals surface area contributed by atoms with Gasteiger partial charge in [-0.2, -0.15) is 5.01 Å². The molecule has 1 N–H and O–H groups in total. The summed E-state index contributed by atoms with van der Waals surface area (Å²) < 4.78 is 0.122. The summed E-state index contributed by atoms with van der Waals surface area (Å²) in [5.41, 5.74) is 2.51. The van der Waals surface area contributed by atoms with Gasteiger partial charge in [0.15, 0.2) is 4.32 Å². The highest BCUT2D eigenvalue weighted by Crippen LogP contribution is 2.31. The van der Waals surface area contributed by atoms with E-state index in [1.54, 1.807) is 30.6 Å². The van der Waals surface area contributed by atoms with Crippen LogP contribution < -0.4 is 5.43 Å². The maximum atomic E-state index is 12.5. The summed E-state index contributed by atoms with van der Waals surface area (Å²) in [7, 11) is 0. The Labute approximate surface area is 157 Å². The first-order valence-corrected chi connectivity index (χ1v) is 8.42. The Hall–Kier alpha value is -3.11. The van der Waals surface area contributed by atoms with E-state index in [4.69, 9.17) is 12.2 Å². The summed E-state index contributed by atoms with van der Waals surface area (Å²) in [6, 6.07) is 8.95. The summed E-state index contributed by atoms with van der Waals surface area (Å²) >= 11 is 6.14. The van der Waals surface area contributed by atoms with Gasteiger partial charge in [0.2, 0.25) is 0 Å². The standard InChI is InChI=1S/C16H10N4O4S2/c21-14(11-5-1-2-6-12(11)20(23)24)18-19-15(22)13(26-16(19)25)8-10-4-3-7-17-9-10/h1-9H,(H,18,21)/b13-8+. The van der Waals surface area contributed by atoms with Crippen LogP contribution in [-0.4, -0.2) is 31.1 Å². The van der Waals surface area contributed by atoms with E-state index < -0.39 is 16.7 Å². The molecule has 10 heteroatoms. The number of nitro benzene ring substituents is 1. The van der Waals surface area contributed by atoms with Crippen molar-refractivity contribution in [1.29, 1.82) is 0 Å². The predicted octanol–water partition coefficient (Wildman–Crippen LogP) is 2.54. The second-order valence-electron chi connectivity index (χ2n) is 5.02. The number of nitrogens with one attached hydrogen (secondary N) is 1. The summed E-state index contributed by atoms with van der Waals surface area (Å²) in [6.45, 7) is 0. The van der Waals surface area contributed by atoms with Crippen LogP contribution in [0.2, 0.25) is 0 Å². The lowest BCUT2D eigenvalue weighted by Gasteiger charge is -2.15. The van der Waals surface area contributed by atoms with Gasteiger partial charge in [0.1, 0.15) is 5.56 Å². The molecule has 2 aromatic rings. The van der Waals surface area contributed by atoms with Crippen molar-refractivity contribution >= 4 is 51.9 Å². The molecule has 8 nitrogen and oxygen atoms in total. The van der Waals surface area contributed by atoms with E-state index in [1.807, 2.05) is 0 Å². The Morgan fingerprint density at radius 3 is 2.77 bits per heavy atom. The zero-order valence-electron chi connectivity index (χ0n) is 13.0. The van der Waals surface area contributed by atoms with Crippen molar-refractivity contribution in [3.8, 4) is 0 Å². The SMILES string of the molecule is O=C(NN1C(=O)/C(=C\c2cccnc2)SC1=S)c1ccccc1[N+](=O)[O-]. The van der Waals surface area contributed by atoms with Crippen LogP contribution in [0.4, 0.5) is 5.69 Å². The van der Waals surface area contributed by atoms with Crippen LogP contribution in [0.15, 0.2) is 53.7 Å². The van der Waals surface area contributed by atoms with E-state index in [0.29, 0.717) is 10.5 Å². The van der Waals surface area contributed by atoms with E-state index in [1.165, 1.54) is 24.3 Å². The minimum Gasteiger partial charge on any atom is -0.267 e. The smallest absolute Gasteiger partial charge is 0.267 e. The van der Waals surface area contributed by atoms with Gasteiger partial charge in [0, 0.05) is 18.5 Å². The normalized spacial score (nSPS) is 15.4. The van der Waals surface area contributed by atoms with Crippen LogP contribution in [0.25, 0.3) is 6.08 Å². The van der Waals surface area contributed by atoms with Crippen molar-refractivity contribution in [3.05, 3.63) is 74.9 Å². The molecule has 1 aromatic carbocycles. The van der Waals surface area contributed by atoms with E-state index in [2.05, 4.69) is 10.4 Å². The second kappa shape index (κ2) is 7.42. The van der Waals surface area contributed by atoms with Gasteiger partial charge in [0.05, 0.1) is 9.83 Å². The molecule has 0 aliphatic carbocycles. The first-order chi connectivity index (χ1) is 12.5. The van der Waals surface area contributed by atoms with Crippen molar-refractivity contribution in [1.82, 2.24) is 15.4 Å². The lowest BCUT2D eigenvalue weighted by Crippen LogP contribution is -2.45. The maximum absolute atomic E-state index is 12.5. The van der Waals surface area contributed by atoms with Gasteiger partial charge >= 0.3 is 0 Å². The number of hydrazine groups is 1. The molecule has 0 spiro atoms. The first-order valence-electron chi connectivity index (χ1n) is 7.20. The zero-order valence-corrected chi connectivity index (χ0v) is 14.6. The number of nitrogens with zero attached hydrogens (tertiary/aromatic N) is 3.